The molecular weight excluding hydrogens is 352 g/mol. The largest absolute Gasteiger partial charge is 0.465 e. The molecule has 146 valence electrons. The molecule has 2 aromatic carbocycles. The SMILES string of the molecule is COC(=O)c1cccc(NC(=O)CCCc2c(C)n(C)c3ccc(C)cc23)c1. The molecule has 28 heavy (non-hydrogen) atoms. The van der Waals surface area contributed by atoms with Gasteiger partial charge in [0.2, 0.25) is 5.91 Å². The number of carbonyl (C=O) groups is 2. The number of benzene rings is 2. The van der Waals surface area contributed by atoms with Gasteiger partial charge in [0, 0.05) is 35.8 Å². The van der Waals surface area contributed by atoms with Gasteiger partial charge in [-0.25, -0.2) is 4.79 Å². The second-order valence-corrected chi connectivity index (χ2v) is 7.12. The Hall–Kier alpha value is -3.08. The maximum Gasteiger partial charge on any atom is 0.337 e. The van der Waals surface area contributed by atoms with Gasteiger partial charge in [0.1, 0.15) is 0 Å². The van der Waals surface area contributed by atoms with Crippen molar-refractivity contribution in [3.8, 4) is 0 Å². The average Bonchev–Trinajstić information content (AvgIpc) is 2.91. The number of aryl methyl sites for hydroxylation is 3. The van der Waals surface area contributed by atoms with Crippen LogP contribution in [0.3, 0.4) is 0 Å². The van der Waals surface area contributed by atoms with Gasteiger partial charge >= 0.3 is 5.97 Å². The van der Waals surface area contributed by atoms with Gasteiger partial charge in [-0.15, -0.1) is 0 Å². The van der Waals surface area contributed by atoms with Gasteiger partial charge in [0.05, 0.1) is 12.7 Å². The van der Waals surface area contributed by atoms with E-state index in [1.54, 1.807) is 24.3 Å². The number of hydrogen-bond donors (Lipinski definition) is 1. The number of aromatic nitrogens is 1. The summed E-state index contributed by atoms with van der Waals surface area (Å²) in [6, 6.07) is 13.3. The number of methoxy groups -OCH3 is 1. The van der Waals surface area contributed by atoms with Crippen molar-refractivity contribution < 1.29 is 14.3 Å². The van der Waals surface area contributed by atoms with Gasteiger partial charge in [-0.3, -0.25) is 4.79 Å². The van der Waals surface area contributed by atoms with E-state index in [0.29, 0.717) is 17.7 Å². The van der Waals surface area contributed by atoms with E-state index >= 15 is 0 Å². The molecule has 1 amide bonds. The van der Waals surface area contributed by atoms with Crippen LogP contribution in [-0.4, -0.2) is 23.6 Å². The van der Waals surface area contributed by atoms with Crippen molar-refractivity contribution in [3.05, 3.63) is 64.8 Å². The zero-order chi connectivity index (χ0) is 20.3. The van der Waals surface area contributed by atoms with Crippen LogP contribution in [0.5, 0.6) is 0 Å². The highest BCUT2D eigenvalue weighted by Crippen LogP contribution is 2.27. The van der Waals surface area contributed by atoms with E-state index in [1.807, 2.05) is 0 Å². The van der Waals surface area contributed by atoms with E-state index in [-0.39, 0.29) is 5.91 Å². The van der Waals surface area contributed by atoms with Crippen molar-refractivity contribution in [3.63, 3.8) is 0 Å². The van der Waals surface area contributed by atoms with Crippen LogP contribution in [0.25, 0.3) is 10.9 Å². The molecule has 0 unspecified atom stereocenters. The normalized spacial score (nSPS) is 10.9. The molecule has 0 saturated carbocycles. The summed E-state index contributed by atoms with van der Waals surface area (Å²) in [6.07, 6.45) is 2.03. The number of amides is 1. The third kappa shape index (κ3) is 4.09. The standard InChI is InChI=1S/C23H26N2O3/c1-15-11-12-21-20(13-15)19(16(2)25(21)3)9-6-10-22(26)24-18-8-5-7-17(14-18)23(27)28-4/h5,7-8,11-14H,6,9-10H2,1-4H3,(H,24,26). The Morgan fingerprint density at radius 3 is 2.64 bits per heavy atom. The Morgan fingerprint density at radius 2 is 1.89 bits per heavy atom. The predicted molar refractivity (Wildman–Crippen MR) is 112 cm³/mol. The number of fused-ring (bicyclic) bond motifs is 1. The second-order valence-electron chi connectivity index (χ2n) is 7.12. The number of nitrogens with one attached hydrogen (secondary N) is 1. The molecule has 0 saturated heterocycles. The fourth-order valence-corrected chi connectivity index (χ4v) is 3.57. The molecule has 1 heterocycles. The van der Waals surface area contributed by atoms with E-state index in [4.69, 9.17) is 4.74 Å². The first-order valence-electron chi connectivity index (χ1n) is 9.43. The number of anilines is 1. The number of nitrogens with zero attached hydrogens (tertiary/aromatic N) is 1. The predicted octanol–water partition coefficient (Wildman–Crippen LogP) is 4.54. The smallest absolute Gasteiger partial charge is 0.337 e. The van der Waals surface area contributed by atoms with E-state index < -0.39 is 5.97 Å². The Balaban J connectivity index is 1.64. The fourth-order valence-electron chi connectivity index (χ4n) is 3.57. The topological polar surface area (TPSA) is 60.3 Å². The van der Waals surface area contributed by atoms with Crippen LogP contribution < -0.4 is 5.32 Å². The Morgan fingerprint density at radius 1 is 1.11 bits per heavy atom. The van der Waals surface area contributed by atoms with Crippen LogP contribution in [0.15, 0.2) is 42.5 Å². The van der Waals surface area contributed by atoms with E-state index in [0.717, 1.165) is 12.8 Å². The summed E-state index contributed by atoms with van der Waals surface area (Å²) in [5.74, 6) is -0.478. The minimum Gasteiger partial charge on any atom is -0.465 e. The number of esters is 1. The molecule has 0 aliphatic carbocycles. The third-order valence-electron chi connectivity index (χ3n) is 5.18. The number of rotatable bonds is 6. The highest BCUT2D eigenvalue weighted by atomic mass is 16.5. The lowest BCUT2D eigenvalue weighted by Crippen LogP contribution is -2.12. The van der Waals surface area contributed by atoms with Crippen LogP contribution in [0, 0.1) is 13.8 Å². The number of hydrogen-bond acceptors (Lipinski definition) is 3. The summed E-state index contributed by atoms with van der Waals surface area (Å²) in [7, 11) is 3.42. The maximum absolute atomic E-state index is 12.3. The highest BCUT2D eigenvalue weighted by molar-refractivity contribution is 5.94. The molecule has 3 aromatic rings. The van der Waals surface area contributed by atoms with Crippen LogP contribution in [0.4, 0.5) is 5.69 Å². The zero-order valence-corrected chi connectivity index (χ0v) is 16.8. The number of ether oxygens (including phenoxy) is 1. The summed E-state index contributed by atoms with van der Waals surface area (Å²) in [4.78, 5) is 23.9. The Bertz CT molecular complexity index is 1030. The zero-order valence-electron chi connectivity index (χ0n) is 16.8. The molecule has 3 rings (SSSR count). The molecule has 1 N–H and O–H groups in total. The van der Waals surface area contributed by atoms with Crippen molar-refractivity contribution >= 4 is 28.5 Å². The molecule has 0 fully saturated rings. The summed E-state index contributed by atoms with van der Waals surface area (Å²) in [5.41, 5.74) is 6.03. The molecule has 0 radical (unpaired) electrons. The lowest BCUT2D eigenvalue weighted by molar-refractivity contribution is -0.116. The first-order valence-corrected chi connectivity index (χ1v) is 9.43. The van der Waals surface area contributed by atoms with Crippen molar-refractivity contribution in [2.75, 3.05) is 12.4 Å². The first kappa shape index (κ1) is 19.7. The molecular formula is C23H26N2O3. The van der Waals surface area contributed by atoms with Gasteiger partial charge in [-0.2, -0.15) is 0 Å². The van der Waals surface area contributed by atoms with Crippen LogP contribution in [0.2, 0.25) is 0 Å². The summed E-state index contributed by atoms with van der Waals surface area (Å²) in [5, 5.41) is 4.13. The second kappa shape index (κ2) is 8.30. The first-order chi connectivity index (χ1) is 13.4. The van der Waals surface area contributed by atoms with Gasteiger partial charge in [0.15, 0.2) is 0 Å². The van der Waals surface area contributed by atoms with E-state index in [2.05, 4.69) is 49.0 Å². The van der Waals surface area contributed by atoms with Crippen LogP contribution >= 0.6 is 0 Å². The van der Waals surface area contributed by atoms with Crippen molar-refractivity contribution in [1.29, 1.82) is 0 Å². The van der Waals surface area contributed by atoms with Gasteiger partial charge in [-0.05, 0) is 62.6 Å². The van der Waals surface area contributed by atoms with E-state index in [1.165, 1.54) is 34.8 Å². The Kier molecular flexibility index (Phi) is 5.83. The number of carbonyl (C=O) groups excluding carboxylic acids is 2. The third-order valence-corrected chi connectivity index (χ3v) is 5.18. The van der Waals surface area contributed by atoms with Gasteiger partial charge in [0.25, 0.3) is 0 Å². The molecule has 5 nitrogen and oxygen atoms in total. The molecule has 5 heteroatoms. The fraction of sp³-hybridized carbons (Fsp3) is 0.304. The molecule has 0 bridgehead atoms. The monoisotopic (exact) mass is 378 g/mol. The molecule has 0 aliphatic heterocycles. The highest BCUT2D eigenvalue weighted by Gasteiger charge is 2.13. The minimum absolute atomic E-state index is 0.0592. The van der Waals surface area contributed by atoms with Crippen LogP contribution in [-0.2, 0) is 23.0 Å². The average molecular weight is 378 g/mol. The summed E-state index contributed by atoms with van der Waals surface area (Å²) >= 11 is 0. The lowest BCUT2D eigenvalue weighted by Gasteiger charge is -2.07. The van der Waals surface area contributed by atoms with Crippen molar-refractivity contribution in [2.45, 2.75) is 33.1 Å². The van der Waals surface area contributed by atoms with Gasteiger partial charge < -0.3 is 14.6 Å². The molecule has 1 aromatic heterocycles. The van der Waals surface area contributed by atoms with Crippen molar-refractivity contribution in [2.24, 2.45) is 7.05 Å². The Labute approximate surface area is 165 Å². The van der Waals surface area contributed by atoms with Crippen LogP contribution in [0.1, 0.15) is 40.0 Å². The quantitative estimate of drug-likeness (QED) is 0.641. The molecule has 0 aliphatic rings. The minimum atomic E-state index is -0.419. The molecule has 0 atom stereocenters. The lowest BCUT2D eigenvalue weighted by atomic mass is 10.0. The summed E-state index contributed by atoms with van der Waals surface area (Å²) in [6.45, 7) is 4.23. The van der Waals surface area contributed by atoms with Gasteiger partial charge in [-0.1, -0.05) is 17.7 Å². The van der Waals surface area contributed by atoms with E-state index in [9.17, 15) is 9.59 Å². The summed E-state index contributed by atoms with van der Waals surface area (Å²) < 4.78 is 6.92. The van der Waals surface area contributed by atoms with Crippen molar-refractivity contribution in [1.82, 2.24) is 4.57 Å². The molecule has 0 spiro atoms. The maximum atomic E-state index is 12.3.